The Morgan fingerprint density at radius 2 is 1.65 bits per heavy atom. The van der Waals surface area contributed by atoms with Gasteiger partial charge in [0.05, 0.1) is 26.2 Å². The van der Waals surface area contributed by atoms with Crippen LogP contribution in [0.2, 0.25) is 0 Å². The van der Waals surface area contributed by atoms with Crippen LogP contribution >= 0.6 is 0 Å². The number of benzene rings is 2. The zero-order valence-corrected chi connectivity index (χ0v) is 15.0. The van der Waals surface area contributed by atoms with Crippen LogP contribution < -0.4 is 15.1 Å². The first-order valence-electron chi connectivity index (χ1n) is 8.51. The lowest BCUT2D eigenvalue weighted by Crippen LogP contribution is -2.04. The van der Waals surface area contributed by atoms with Crippen molar-refractivity contribution in [2.75, 3.05) is 20.8 Å². The normalized spacial score (nSPS) is 10.8. The van der Waals surface area contributed by atoms with Gasteiger partial charge in [-0.2, -0.15) is 0 Å². The van der Waals surface area contributed by atoms with Crippen molar-refractivity contribution in [1.82, 2.24) is 0 Å². The minimum absolute atomic E-state index is 0.337. The Bertz CT molecular complexity index is 912. The molecule has 0 saturated heterocycles. The molecule has 0 aliphatic rings. The van der Waals surface area contributed by atoms with Gasteiger partial charge >= 0.3 is 5.63 Å². The predicted molar refractivity (Wildman–Crippen MR) is 100 cm³/mol. The highest BCUT2D eigenvalue weighted by molar-refractivity contribution is 5.82. The van der Waals surface area contributed by atoms with E-state index in [-0.39, 0.29) is 5.63 Å². The molecule has 5 nitrogen and oxygen atoms in total. The molecule has 0 amide bonds. The molecule has 3 aromatic rings. The van der Waals surface area contributed by atoms with Crippen molar-refractivity contribution in [2.45, 2.75) is 19.4 Å². The molecule has 26 heavy (non-hydrogen) atoms. The number of ether oxygens (including phenoxy) is 3. The fourth-order valence-corrected chi connectivity index (χ4v) is 2.73. The minimum atomic E-state index is -0.337. The first kappa shape index (κ1) is 18.0. The number of hydrogen-bond donors (Lipinski definition) is 0. The monoisotopic (exact) mass is 354 g/mol. The zero-order chi connectivity index (χ0) is 18.4. The molecule has 0 saturated carbocycles. The van der Waals surface area contributed by atoms with E-state index in [1.807, 2.05) is 42.5 Å². The molecular weight excluding hydrogens is 332 g/mol. The molecule has 0 N–H and O–H groups in total. The third kappa shape index (κ3) is 4.43. The van der Waals surface area contributed by atoms with Gasteiger partial charge in [-0.3, -0.25) is 0 Å². The van der Waals surface area contributed by atoms with Crippen LogP contribution in [0.25, 0.3) is 10.8 Å². The Morgan fingerprint density at radius 3 is 2.38 bits per heavy atom. The summed E-state index contributed by atoms with van der Waals surface area (Å²) in [7, 11) is 3.22. The van der Waals surface area contributed by atoms with Crippen molar-refractivity contribution in [3.8, 4) is 11.5 Å². The number of fused-ring (bicyclic) bond motifs is 1. The Balaban J connectivity index is 1.52. The SMILES string of the molecule is COc1ccc(COCCCc2cc3ccc(OC)cc3c(=O)o2)cc1. The van der Waals surface area contributed by atoms with Gasteiger partial charge in [0.2, 0.25) is 0 Å². The molecule has 0 radical (unpaired) electrons. The highest BCUT2D eigenvalue weighted by atomic mass is 16.5. The number of methoxy groups -OCH3 is 2. The molecule has 0 unspecified atom stereocenters. The molecule has 0 aliphatic carbocycles. The first-order chi connectivity index (χ1) is 12.7. The molecule has 1 aromatic heterocycles. The van der Waals surface area contributed by atoms with Crippen LogP contribution in [0.15, 0.2) is 57.7 Å². The summed E-state index contributed by atoms with van der Waals surface area (Å²) < 4.78 is 21.4. The average Bonchev–Trinajstić information content (AvgIpc) is 2.68. The second-order valence-corrected chi connectivity index (χ2v) is 5.96. The molecular formula is C21H22O5. The maximum absolute atomic E-state index is 12.1. The third-order valence-electron chi connectivity index (χ3n) is 4.16. The van der Waals surface area contributed by atoms with E-state index >= 15 is 0 Å². The molecule has 3 rings (SSSR count). The van der Waals surface area contributed by atoms with E-state index in [2.05, 4.69) is 0 Å². The lowest BCUT2D eigenvalue weighted by molar-refractivity contribution is 0.117. The fraction of sp³-hybridized carbons (Fsp3) is 0.286. The van der Waals surface area contributed by atoms with Gasteiger partial charge in [0.15, 0.2) is 0 Å². The van der Waals surface area contributed by atoms with Gasteiger partial charge in [-0.1, -0.05) is 18.2 Å². The van der Waals surface area contributed by atoms with Gasteiger partial charge < -0.3 is 18.6 Å². The summed E-state index contributed by atoms with van der Waals surface area (Å²) in [6.45, 7) is 1.14. The lowest BCUT2D eigenvalue weighted by atomic mass is 10.1. The Kier molecular flexibility index (Phi) is 5.92. The third-order valence-corrected chi connectivity index (χ3v) is 4.16. The molecule has 0 fully saturated rings. The largest absolute Gasteiger partial charge is 0.497 e. The number of hydrogen-bond acceptors (Lipinski definition) is 5. The van der Waals surface area contributed by atoms with Gasteiger partial charge in [-0.15, -0.1) is 0 Å². The molecule has 1 heterocycles. The number of rotatable bonds is 8. The van der Waals surface area contributed by atoms with Gasteiger partial charge in [0.1, 0.15) is 17.3 Å². The van der Waals surface area contributed by atoms with Crippen molar-refractivity contribution >= 4 is 10.8 Å². The van der Waals surface area contributed by atoms with Crippen molar-refractivity contribution in [2.24, 2.45) is 0 Å². The molecule has 0 bridgehead atoms. The van der Waals surface area contributed by atoms with E-state index in [1.54, 1.807) is 20.3 Å². The Morgan fingerprint density at radius 1 is 0.923 bits per heavy atom. The summed E-state index contributed by atoms with van der Waals surface area (Å²) in [5, 5.41) is 1.39. The molecule has 0 atom stereocenters. The quantitative estimate of drug-likeness (QED) is 0.573. The highest BCUT2D eigenvalue weighted by Crippen LogP contribution is 2.19. The fourth-order valence-electron chi connectivity index (χ4n) is 2.73. The second kappa shape index (κ2) is 8.54. The Labute approximate surface area is 152 Å². The van der Waals surface area contributed by atoms with Crippen LogP contribution in [0.4, 0.5) is 0 Å². The van der Waals surface area contributed by atoms with Gasteiger partial charge in [0, 0.05) is 13.0 Å². The molecule has 136 valence electrons. The topological polar surface area (TPSA) is 57.9 Å². The molecule has 0 spiro atoms. The maximum Gasteiger partial charge on any atom is 0.343 e. The highest BCUT2D eigenvalue weighted by Gasteiger charge is 2.06. The van der Waals surface area contributed by atoms with Gasteiger partial charge in [-0.05, 0) is 47.7 Å². The predicted octanol–water partition coefficient (Wildman–Crippen LogP) is 3.96. The van der Waals surface area contributed by atoms with E-state index in [1.165, 1.54) is 0 Å². The standard InChI is InChI=1S/C21H22O5/c1-23-17-8-5-15(6-9-17)14-25-11-3-4-19-12-16-7-10-18(24-2)13-20(16)21(22)26-19/h5-10,12-13H,3-4,11,14H2,1-2H3. The maximum atomic E-state index is 12.1. The summed E-state index contributed by atoms with van der Waals surface area (Å²) in [5.41, 5.74) is 0.757. The summed E-state index contributed by atoms with van der Waals surface area (Å²) >= 11 is 0. The van der Waals surface area contributed by atoms with Crippen molar-refractivity contribution in [1.29, 1.82) is 0 Å². The van der Waals surface area contributed by atoms with Crippen molar-refractivity contribution < 1.29 is 18.6 Å². The first-order valence-corrected chi connectivity index (χ1v) is 8.51. The van der Waals surface area contributed by atoms with Gasteiger partial charge in [-0.25, -0.2) is 4.79 Å². The van der Waals surface area contributed by atoms with Crippen LogP contribution in [0, 0.1) is 0 Å². The molecule has 0 aliphatic heterocycles. The van der Waals surface area contributed by atoms with Crippen molar-refractivity contribution in [3.63, 3.8) is 0 Å². The summed E-state index contributed by atoms with van der Waals surface area (Å²) in [6, 6.07) is 15.1. The van der Waals surface area contributed by atoms with Crippen molar-refractivity contribution in [3.05, 3.63) is 70.3 Å². The number of aryl methyl sites for hydroxylation is 1. The van der Waals surface area contributed by atoms with E-state index in [0.717, 1.165) is 23.1 Å². The Hall–Kier alpha value is -2.79. The average molecular weight is 354 g/mol. The zero-order valence-electron chi connectivity index (χ0n) is 15.0. The second-order valence-electron chi connectivity index (χ2n) is 5.96. The molecule has 5 heteroatoms. The van der Waals surface area contributed by atoms with Crippen LogP contribution in [-0.2, 0) is 17.8 Å². The van der Waals surface area contributed by atoms with Crippen LogP contribution in [0.5, 0.6) is 11.5 Å². The smallest absolute Gasteiger partial charge is 0.343 e. The summed E-state index contributed by atoms with van der Waals surface area (Å²) in [4.78, 5) is 12.1. The van der Waals surface area contributed by atoms with E-state index in [0.29, 0.717) is 36.5 Å². The summed E-state index contributed by atoms with van der Waals surface area (Å²) in [5.74, 6) is 2.14. The van der Waals surface area contributed by atoms with Crippen LogP contribution in [0.1, 0.15) is 17.7 Å². The van der Waals surface area contributed by atoms with Crippen LogP contribution in [0.3, 0.4) is 0 Å². The van der Waals surface area contributed by atoms with Crippen LogP contribution in [-0.4, -0.2) is 20.8 Å². The van der Waals surface area contributed by atoms with Gasteiger partial charge in [0.25, 0.3) is 0 Å². The lowest BCUT2D eigenvalue weighted by Gasteiger charge is -2.06. The summed E-state index contributed by atoms with van der Waals surface area (Å²) in [6.07, 6.45) is 1.43. The van der Waals surface area contributed by atoms with E-state index in [9.17, 15) is 4.79 Å². The van der Waals surface area contributed by atoms with E-state index in [4.69, 9.17) is 18.6 Å². The van der Waals surface area contributed by atoms with E-state index < -0.39 is 0 Å². The minimum Gasteiger partial charge on any atom is -0.497 e. The molecule has 2 aromatic carbocycles.